The van der Waals surface area contributed by atoms with Crippen LogP contribution >= 0.6 is 7.82 Å². The third-order valence-electron chi connectivity index (χ3n) is 8.60. The van der Waals surface area contributed by atoms with Gasteiger partial charge in [0.2, 0.25) is 0 Å². The zero-order valence-corrected chi connectivity index (χ0v) is 35.3. The average Bonchev–Trinajstić information content (AvgIpc) is 3.10. The maximum absolute atomic E-state index is 12.6. The van der Waals surface area contributed by atoms with Crippen LogP contribution in [0.15, 0.2) is 48.6 Å². The SMILES string of the molecule is CCCC/C=C/C/C=C/CCCCCCCC(=O)O[C@H](COC(=O)CCCCCCC/C=C/C=C/CCCCCC)COP(=O)([O-])OCC[N+](C)(C)C. The number of unbranched alkanes of at least 4 members (excludes halogenated alkanes) is 16. The zero-order chi connectivity index (χ0) is 39.3. The van der Waals surface area contributed by atoms with Gasteiger partial charge in [-0.05, 0) is 64.2 Å². The largest absolute Gasteiger partial charge is 0.756 e. The predicted molar refractivity (Wildman–Crippen MR) is 217 cm³/mol. The van der Waals surface area contributed by atoms with Gasteiger partial charge in [0.25, 0.3) is 7.82 Å². The van der Waals surface area contributed by atoms with Crippen LogP contribution in [0.1, 0.15) is 162 Å². The van der Waals surface area contributed by atoms with E-state index in [9.17, 15) is 19.0 Å². The molecule has 0 aliphatic carbocycles. The maximum Gasteiger partial charge on any atom is 0.306 e. The van der Waals surface area contributed by atoms with Crippen molar-refractivity contribution in [3.05, 3.63) is 48.6 Å². The summed E-state index contributed by atoms with van der Waals surface area (Å²) in [5, 5.41) is 0. The average molecular weight is 768 g/mol. The normalized spacial score (nSPS) is 14.2. The van der Waals surface area contributed by atoms with E-state index >= 15 is 0 Å². The molecule has 10 heteroatoms. The van der Waals surface area contributed by atoms with Crippen molar-refractivity contribution in [2.75, 3.05) is 47.5 Å². The summed E-state index contributed by atoms with van der Waals surface area (Å²) in [7, 11) is 1.14. The van der Waals surface area contributed by atoms with Gasteiger partial charge < -0.3 is 27.9 Å². The molecule has 0 aliphatic heterocycles. The summed E-state index contributed by atoms with van der Waals surface area (Å²) in [6.07, 6.45) is 39.9. The monoisotopic (exact) mass is 768 g/mol. The summed E-state index contributed by atoms with van der Waals surface area (Å²) in [4.78, 5) is 37.4. The van der Waals surface area contributed by atoms with E-state index in [1.807, 2.05) is 21.1 Å². The molecule has 0 aromatic carbocycles. The molecule has 308 valence electrons. The van der Waals surface area contributed by atoms with Crippen molar-refractivity contribution in [3.63, 3.8) is 0 Å². The summed E-state index contributed by atoms with van der Waals surface area (Å²) in [5.74, 6) is -0.872. The molecule has 1 unspecified atom stereocenters. The first-order chi connectivity index (χ1) is 25.5. The Morgan fingerprint density at radius 1 is 0.604 bits per heavy atom. The number of ether oxygens (including phenoxy) is 2. The van der Waals surface area contributed by atoms with E-state index in [0.29, 0.717) is 23.9 Å². The molecule has 0 aliphatic rings. The maximum atomic E-state index is 12.6. The molecule has 0 spiro atoms. The number of hydrogen-bond donors (Lipinski definition) is 0. The molecule has 0 saturated heterocycles. The van der Waals surface area contributed by atoms with Crippen molar-refractivity contribution in [2.24, 2.45) is 0 Å². The van der Waals surface area contributed by atoms with E-state index in [0.717, 1.165) is 83.5 Å². The molecule has 0 bridgehead atoms. The van der Waals surface area contributed by atoms with Crippen LogP contribution in [0.4, 0.5) is 0 Å². The quantitative estimate of drug-likeness (QED) is 0.0153. The van der Waals surface area contributed by atoms with Crippen LogP contribution < -0.4 is 4.89 Å². The Balaban J connectivity index is 4.45. The summed E-state index contributed by atoms with van der Waals surface area (Å²) in [6.45, 7) is 4.11. The Bertz CT molecular complexity index is 1050. The van der Waals surface area contributed by atoms with Crippen LogP contribution in [-0.4, -0.2) is 70.0 Å². The number of rotatable bonds is 37. The van der Waals surface area contributed by atoms with E-state index in [4.69, 9.17) is 18.5 Å². The van der Waals surface area contributed by atoms with Crippen LogP contribution in [0, 0.1) is 0 Å². The van der Waals surface area contributed by atoms with Gasteiger partial charge >= 0.3 is 11.9 Å². The topological polar surface area (TPSA) is 111 Å². The first-order valence-corrected chi connectivity index (χ1v) is 22.3. The van der Waals surface area contributed by atoms with Crippen LogP contribution in [-0.2, 0) is 32.7 Å². The molecule has 0 rings (SSSR count). The fourth-order valence-corrected chi connectivity index (χ4v) is 5.98. The van der Waals surface area contributed by atoms with Crippen LogP contribution in [0.2, 0.25) is 0 Å². The molecule has 9 nitrogen and oxygen atoms in total. The highest BCUT2D eigenvalue weighted by Gasteiger charge is 2.21. The summed E-state index contributed by atoms with van der Waals surface area (Å²) >= 11 is 0. The number of allylic oxidation sites excluding steroid dienone is 8. The lowest BCUT2D eigenvalue weighted by atomic mass is 10.1. The van der Waals surface area contributed by atoms with Gasteiger partial charge in [0.15, 0.2) is 6.10 Å². The van der Waals surface area contributed by atoms with Gasteiger partial charge in [0.1, 0.15) is 19.8 Å². The number of phosphoric ester groups is 1. The lowest BCUT2D eigenvalue weighted by Gasteiger charge is -2.28. The number of carbonyl (C=O) groups excluding carboxylic acids is 2. The van der Waals surface area contributed by atoms with Gasteiger partial charge in [-0.3, -0.25) is 14.2 Å². The Morgan fingerprint density at radius 3 is 1.66 bits per heavy atom. The van der Waals surface area contributed by atoms with Gasteiger partial charge in [-0.25, -0.2) is 0 Å². The minimum atomic E-state index is -4.63. The minimum Gasteiger partial charge on any atom is -0.756 e. The number of nitrogens with zero attached hydrogens (tertiary/aromatic N) is 1. The van der Waals surface area contributed by atoms with Crippen molar-refractivity contribution in [1.82, 2.24) is 0 Å². The second-order valence-corrected chi connectivity index (χ2v) is 16.4. The third-order valence-corrected chi connectivity index (χ3v) is 9.56. The molecular formula is C43H78NO8P. The molecule has 0 aromatic heterocycles. The molecule has 0 saturated carbocycles. The molecule has 2 atom stereocenters. The fraction of sp³-hybridized carbons (Fsp3) is 0.767. The second kappa shape index (κ2) is 35.7. The highest BCUT2D eigenvalue weighted by Crippen LogP contribution is 2.38. The van der Waals surface area contributed by atoms with E-state index in [2.05, 4.69) is 62.5 Å². The number of hydrogen-bond acceptors (Lipinski definition) is 8. The van der Waals surface area contributed by atoms with E-state index < -0.39 is 32.5 Å². The summed E-state index contributed by atoms with van der Waals surface area (Å²) < 4.78 is 33.8. The molecular weight excluding hydrogens is 689 g/mol. The Labute approximate surface area is 324 Å². The molecule has 0 heterocycles. The van der Waals surface area contributed by atoms with Crippen molar-refractivity contribution in [2.45, 2.75) is 168 Å². The highest BCUT2D eigenvalue weighted by molar-refractivity contribution is 7.45. The standard InChI is InChI=1S/C43H78NO8P/c1-6-8-10-12-14-16-18-20-22-24-25-27-29-31-33-35-42(45)49-39-41(40-51-53(47,48)50-38-37-44(3,4)5)52-43(46)36-34-32-30-28-26-23-21-19-17-15-13-11-9-7-2/h13,15-16,18-22,41H,6-12,14,17,23-40H2,1-5H3/b15-13+,18-16+,21-19+,22-20+/t41-/m1/s1. The van der Waals surface area contributed by atoms with Crippen LogP contribution in [0.25, 0.3) is 0 Å². The first kappa shape index (κ1) is 51.0. The number of likely N-dealkylation sites (N-methyl/N-ethyl adjacent to an activating group) is 1. The molecule has 0 radical (unpaired) electrons. The van der Waals surface area contributed by atoms with Crippen LogP contribution in [0.5, 0.6) is 0 Å². The minimum absolute atomic E-state index is 0.0379. The lowest BCUT2D eigenvalue weighted by Crippen LogP contribution is -2.37. The van der Waals surface area contributed by atoms with E-state index in [-0.39, 0.29) is 26.1 Å². The summed E-state index contributed by atoms with van der Waals surface area (Å²) in [6, 6.07) is 0. The zero-order valence-electron chi connectivity index (χ0n) is 34.4. The van der Waals surface area contributed by atoms with Gasteiger partial charge in [0.05, 0.1) is 27.7 Å². The molecule has 0 N–H and O–H groups in total. The number of phosphoric acid groups is 1. The van der Waals surface area contributed by atoms with E-state index in [1.165, 1.54) is 38.5 Å². The summed E-state index contributed by atoms with van der Waals surface area (Å²) in [5.41, 5.74) is 0. The van der Waals surface area contributed by atoms with Gasteiger partial charge in [-0.15, -0.1) is 0 Å². The van der Waals surface area contributed by atoms with Gasteiger partial charge in [0, 0.05) is 12.8 Å². The van der Waals surface area contributed by atoms with Gasteiger partial charge in [-0.1, -0.05) is 133 Å². The molecule has 0 aromatic rings. The Morgan fingerprint density at radius 2 is 1.09 bits per heavy atom. The Hall–Kier alpha value is -2.03. The van der Waals surface area contributed by atoms with Crippen LogP contribution in [0.3, 0.4) is 0 Å². The van der Waals surface area contributed by atoms with Crippen molar-refractivity contribution in [1.29, 1.82) is 0 Å². The van der Waals surface area contributed by atoms with Gasteiger partial charge in [-0.2, -0.15) is 0 Å². The van der Waals surface area contributed by atoms with E-state index in [1.54, 1.807) is 0 Å². The third kappa shape index (κ3) is 39.5. The number of carbonyl (C=O) groups is 2. The first-order valence-electron chi connectivity index (χ1n) is 20.9. The lowest BCUT2D eigenvalue weighted by molar-refractivity contribution is -0.870. The second-order valence-electron chi connectivity index (χ2n) is 15.0. The molecule has 53 heavy (non-hydrogen) atoms. The fourth-order valence-electron chi connectivity index (χ4n) is 5.25. The molecule has 0 amide bonds. The highest BCUT2D eigenvalue weighted by atomic mass is 31.2. The number of quaternary nitrogens is 1. The Kier molecular flexibility index (Phi) is 34.3. The van der Waals surface area contributed by atoms with Crippen molar-refractivity contribution < 1.29 is 42.1 Å². The van der Waals surface area contributed by atoms with Crippen molar-refractivity contribution >= 4 is 19.8 Å². The number of esters is 2. The molecule has 0 fully saturated rings. The predicted octanol–water partition coefficient (Wildman–Crippen LogP) is 10.9. The smallest absolute Gasteiger partial charge is 0.306 e. The van der Waals surface area contributed by atoms with Crippen molar-refractivity contribution in [3.8, 4) is 0 Å².